The molecule has 0 amide bonds. The van der Waals surface area contributed by atoms with Crippen LogP contribution in [0, 0.1) is 0 Å². The van der Waals surface area contributed by atoms with Crippen molar-refractivity contribution in [1.82, 2.24) is 9.38 Å². The molecule has 0 saturated carbocycles. The van der Waals surface area contributed by atoms with Gasteiger partial charge in [0.1, 0.15) is 11.4 Å². The predicted octanol–water partition coefficient (Wildman–Crippen LogP) is 2.69. The molecule has 0 radical (unpaired) electrons. The third-order valence-corrected chi connectivity index (χ3v) is 3.86. The Morgan fingerprint density at radius 3 is 2.90 bits per heavy atom. The highest BCUT2D eigenvalue weighted by Crippen LogP contribution is 2.24. The highest BCUT2D eigenvalue weighted by Gasteiger charge is 2.03. The fourth-order valence-electron chi connectivity index (χ4n) is 1.91. The number of thioether (sulfide) groups is 1. The van der Waals surface area contributed by atoms with Crippen molar-refractivity contribution in [2.24, 2.45) is 0 Å². The lowest BCUT2D eigenvalue weighted by Crippen LogP contribution is -2.14. The van der Waals surface area contributed by atoms with E-state index in [0.717, 1.165) is 10.6 Å². The molecule has 3 rings (SSSR count). The zero-order valence-electron chi connectivity index (χ0n) is 10.6. The number of aromatic nitrogens is 2. The van der Waals surface area contributed by atoms with E-state index in [1.54, 1.807) is 36.5 Å². The number of aromatic hydroxyl groups is 1. The Bertz CT molecular complexity index is 814. The molecule has 0 aliphatic rings. The van der Waals surface area contributed by atoms with Gasteiger partial charge < -0.3 is 5.11 Å². The van der Waals surface area contributed by atoms with E-state index in [1.807, 2.05) is 18.2 Å². The largest absolute Gasteiger partial charge is 0.508 e. The number of rotatable bonds is 3. The first-order valence-electron chi connectivity index (χ1n) is 6.11. The van der Waals surface area contributed by atoms with E-state index in [4.69, 9.17) is 0 Å². The van der Waals surface area contributed by atoms with Crippen molar-refractivity contribution < 1.29 is 5.11 Å². The van der Waals surface area contributed by atoms with Crippen molar-refractivity contribution >= 4 is 17.4 Å². The normalized spacial score (nSPS) is 10.8. The summed E-state index contributed by atoms with van der Waals surface area (Å²) in [5.41, 5.74) is 1.29. The topological polar surface area (TPSA) is 54.6 Å². The molecule has 0 spiro atoms. The molecule has 0 aliphatic heterocycles. The Morgan fingerprint density at radius 1 is 1.15 bits per heavy atom. The van der Waals surface area contributed by atoms with E-state index < -0.39 is 0 Å². The number of nitrogens with zero attached hydrogens (tertiary/aromatic N) is 2. The molecule has 0 aliphatic carbocycles. The SMILES string of the molecule is O=c1cc(CSc2cccc(O)c2)nc2ccccn12. The highest BCUT2D eigenvalue weighted by atomic mass is 32.2. The molecule has 2 heterocycles. The summed E-state index contributed by atoms with van der Waals surface area (Å²) in [6.07, 6.45) is 1.71. The van der Waals surface area contributed by atoms with E-state index in [-0.39, 0.29) is 11.3 Å². The maximum atomic E-state index is 11.9. The smallest absolute Gasteiger partial charge is 0.258 e. The molecule has 20 heavy (non-hydrogen) atoms. The van der Waals surface area contributed by atoms with Gasteiger partial charge in [0.25, 0.3) is 5.56 Å². The van der Waals surface area contributed by atoms with Crippen LogP contribution in [-0.4, -0.2) is 14.5 Å². The van der Waals surface area contributed by atoms with Crippen LogP contribution >= 0.6 is 11.8 Å². The summed E-state index contributed by atoms with van der Waals surface area (Å²) in [7, 11) is 0. The Kier molecular flexibility index (Phi) is 3.43. The van der Waals surface area contributed by atoms with Crippen LogP contribution in [0.4, 0.5) is 0 Å². The molecular weight excluding hydrogens is 272 g/mol. The summed E-state index contributed by atoms with van der Waals surface area (Å²) in [4.78, 5) is 17.3. The first-order valence-corrected chi connectivity index (χ1v) is 7.10. The third-order valence-electron chi connectivity index (χ3n) is 2.83. The van der Waals surface area contributed by atoms with Crippen molar-refractivity contribution in [3.05, 3.63) is 70.8 Å². The fraction of sp³-hybridized carbons (Fsp3) is 0.0667. The molecule has 1 aromatic carbocycles. The molecule has 4 nitrogen and oxygen atoms in total. The number of hydrogen-bond acceptors (Lipinski definition) is 4. The van der Waals surface area contributed by atoms with E-state index in [1.165, 1.54) is 16.2 Å². The van der Waals surface area contributed by atoms with Crippen molar-refractivity contribution in [2.75, 3.05) is 0 Å². The molecule has 0 atom stereocenters. The monoisotopic (exact) mass is 284 g/mol. The molecule has 0 unspecified atom stereocenters. The zero-order valence-corrected chi connectivity index (χ0v) is 11.4. The minimum Gasteiger partial charge on any atom is -0.508 e. The number of fused-ring (bicyclic) bond motifs is 1. The minimum atomic E-state index is -0.0814. The van der Waals surface area contributed by atoms with Crippen molar-refractivity contribution in [3.63, 3.8) is 0 Å². The molecule has 0 saturated heterocycles. The second-order valence-electron chi connectivity index (χ2n) is 4.30. The van der Waals surface area contributed by atoms with Gasteiger partial charge in [-0.2, -0.15) is 0 Å². The molecule has 3 aromatic rings. The molecular formula is C15H12N2O2S. The van der Waals surface area contributed by atoms with Gasteiger partial charge in [-0.15, -0.1) is 11.8 Å². The molecule has 1 N–H and O–H groups in total. The molecule has 5 heteroatoms. The van der Waals surface area contributed by atoms with Gasteiger partial charge in [0.15, 0.2) is 0 Å². The summed E-state index contributed by atoms with van der Waals surface area (Å²) in [6, 6.07) is 14.0. The van der Waals surface area contributed by atoms with Crippen LogP contribution in [0.1, 0.15) is 5.69 Å². The predicted molar refractivity (Wildman–Crippen MR) is 79.1 cm³/mol. The van der Waals surface area contributed by atoms with Gasteiger partial charge in [0, 0.05) is 22.9 Å². The van der Waals surface area contributed by atoms with Gasteiger partial charge in [0.2, 0.25) is 0 Å². The third kappa shape index (κ3) is 2.67. The van der Waals surface area contributed by atoms with Crippen molar-refractivity contribution in [1.29, 1.82) is 0 Å². The molecule has 2 aromatic heterocycles. The Balaban J connectivity index is 1.86. The van der Waals surface area contributed by atoms with Gasteiger partial charge in [-0.25, -0.2) is 4.98 Å². The lowest BCUT2D eigenvalue weighted by Gasteiger charge is -2.04. The average molecular weight is 284 g/mol. The van der Waals surface area contributed by atoms with Crippen molar-refractivity contribution in [3.8, 4) is 5.75 Å². The standard InChI is InChI=1S/C15H12N2O2S/c18-12-4-3-5-13(9-12)20-10-11-8-15(19)17-7-2-1-6-14(17)16-11/h1-9,18H,10H2. The summed E-state index contributed by atoms with van der Waals surface area (Å²) in [6.45, 7) is 0. The molecule has 0 bridgehead atoms. The van der Waals surface area contributed by atoms with Crippen molar-refractivity contribution in [2.45, 2.75) is 10.6 Å². The quantitative estimate of drug-likeness (QED) is 0.751. The van der Waals surface area contributed by atoms with E-state index >= 15 is 0 Å². The number of phenolic OH excluding ortho intramolecular Hbond substituents is 1. The van der Waals surface area contributed by atoms with Crippen LogP contribution in [0.5, 0.6) is 5.75 Å². The van der Waals surface area contributed by atoms with Crippen LogP contribution in [0.3, 0.4) is 0 Å². The number of phenols is 1. The summed E-state index contributed by atoms with van der Waals surface area (Å²) in [5.74, 6) is 0.825. The maximum Gasteiger partial charge on any atom is 0.258 e. The van der Waals surface area contributed by atoms with Crippen LogP contribution in [0.25, 0.3) is 5.65 Å². The maximum absolute atomic E-state index is 11.9. The Morgan fingerprint density at radius 2 is 2.05 bits per heavy atom. The average Bonchev–Trinajstić information content (AvgIpc) is 2.45. The first-order chi connectivity index (χ1) is 9.72. The molecule has 0 fully saturated rings. The summed E-state index contributed by atoms with van der Waals surface area (Å²) >= 11 is 1.53. The lowest BCUT2D eigenvalue weighted by molar-refractivity contribution is 0.474. The Hall–Kier alpha value is -2.27. The zero-order chi connectivity index (χ0) is 13.9. The summed E-state index contributed by atoms with van der Waals surface area (Å²) < 4.78 is 1.52. The second kappa shape index (κ2) is 5.38. The van der Waals surface area contributed by atoms with Gasteiger partial charge in [-0.1, -0.05) is 12.1 Å². The number of hydrogen-bond donors (Lipinski definition) is 1. The van der Waals surface area contributed by atoms with Gasteiger partial charge >= 0.3 is 0 Å². The lowest BCUT2D eigenvalue weighted by atomic mass is 10.3. The fourth-order valence-corrected chi connectivity index (χ4v) is 2.75. The first kappa shape index (κ1) is 12.7. The number of pyridine rings is 1. The summed E-state index contributed by atoms with van der Waals surface area (Å²) in [5, 5.41) is 9.41. The number of benzene rings is 1. The highest BCUT2D eigenvalue weighted by molar-refractivity contribution is 7.98. The van der Waals surface area contributed by atoms with E-state index in [9.17, 15) is 9.90 Å². The minimum absolute atomic E-state index is 0.0814. The van der Waals surface area contributed by atoms with Crippen LogP contribution in [0.2, 0.25) is 0 Å². The van der Waals surface area contributed by atoms with E-state index in [0.29, 0.717) is 11.4 Å². The van der Waals surface area contributed by atoms with Gasteiger partial charge in [0.05, 0.1) is 5.69 Å². The van der Waals surface area contributed by atoms with Crippen LogP contribution < -0.4 is 5.56 Å². The second-order valence-corrected chi connectivity index (χ2v) is 5.35. The van der Waals surface area contributed by atoms with Crippen LogP contribution in [-0.2, 0) is 5.75 Å². The van der Waals surface area contributed by atoms with Crippen LogP contribution in [0.15, 0.2) is 64.4 Å². The molecule has 100 valence electrons. The van der Waals surface area contributed by atoms with Gasteiger partial charge in [-0.3, -0.25) is 9.20 Å². The Labute approximate surface area is 119 Å². The van der Waals surface area contributed by atoms with E-state index in [2.05, 4.69) is 4.98 Å². The van der Waals surface area contributed by atoms with Gasteiger partial charge in [-0.05, 0) is 30.3 Å².